The van der Waals surface area contributed by atoms with E-state index in [1.807, 2.05) is 6.92 Å². The van der Waals surface area contributed by atoms with E-state index in [-0.39, 0.29) is 27.8 Å². The summed E-state index contributed by atoms with van der Waals surface area (Å²) in [6.45, 7) is 6.15. The minimum Gasteiger partial charge on any atom is -0.298 e. The number of fused-ring (bicyclic) bond motifs is 3. The first-order chi connectivity index (χ1) is 14.7. The number of rotatable bonds is 6. The third-order valence-electron chi connectivity index (χ3n) is 5.48. The van der Waals surface area contributed by atoms with E-state index in [9.17, 15) is 18.0 Å². The minimum atomic E-state index is -4.00. The van der Waals surface area contributed by atoms with Gasteiger partial charge in [0.25, 0.3) is 10.0 Å². The Labute approximate surface area is 191 Å². The summed E-state index contributed by atoms with van der Waals surface area (Å²) in [6.07, 6.45) is 1.98. The van der Waals surface area contributed by atoms with Crippen LogP contribution in [0.25, 0.3) is 0 Å². The van der Waals surface area contributed by atoms with E-state index in [1.165, 1.54) is 23.9 Å². The average Bonchev–Trinajstić information content (AvgIpc) is 3.22. The molecule has 1 N–H and O–H groups in total. The van der Waals surface area contributed by atoms with E-state index in [1.54, 1.807) is 28.8 Å². The molecule has 0 aromatic heterocycles. The van der Waals surface area contributed by atoms with Gasteiger partial charge < -0.3 is 0 Å². The summed E-state index contributed by atoms with van der Waals surface area (Å²) in [6, 6.07) is 5.76. The van der Waals surface area contributed by atoms with Crippen molar-refractivity contribution in [1.82, 2.24) is 10.2 Å². The number of thioether (sulfide) groups is 2. The van der Waals surface area contributed by atoms with Crippen LogP contribution in [0.1, 0.15) is 38.7 Å². The molecule has 2 unspecified atom stereocenters. The molecule has 2 fully saturated rings. The third kappa shape index (κ3) is 4.42. The molecule has 4 rings (SSSR count). The van der Waals surface area contributed by atoms with Gasteiger partial charge in [0.2, 0.25) is 0 Å². The van der Waals surface area contributed by atoms with E-state index in [4.69, 9.17) is 0 Å². The molecule has 7 nitrogen and oxygen atoms in total. The number of amidine groups is 1. The van der Waals surface area contributed by atoms with E-state index >= 15 is 0 Å². The number of ketones is 1. The molecule has 31 heavy (non-hydrogen) atoms. The van der Waals surface area contributed by atoms with Crippen molar-refractivity contribution in [2.75, 3.05) is 5.75 Å². The van der Waals surface area contributed by atoms with Crippen LogP contribution in [0.15, 0.2) is 43.5 Å². The van der Waals surface area contributed by atoms with Gasteiger partial charge in [-0.2, -0.15) is 8.42 Å². The molecule has 1 aliphatic carbocycles. The van der Waals surface area contributed by atoms with Crippen molar-refractivity contribution in [3.63, 3.8) is 0 Å². The molecule has 1 saturated heterocycles. The van der Waals surface area contributed by atoms with Crippen molar-refractivity contribution in [2.24, 2.45) is 10.3 Å². The van der Waals surface area contributed by atoms with E-state index in [0.29, 0.717) is 24.5 Å². The first kappa shape index (κ1) is 22.4. The first-order valence-corrected chi connectivity index (χ1v) is 13.6. The number of aryl methyl sites for hydroxylation is 1. The highest BCUT2D eigenvalue weighted by atomic mass is 32.2. The van der Waals surface area contributed by atoms with Gasteiger partial charge in [0, 0.05) is 6.42 Å². The fourth-order valence-corrected chi connectivity index (χ4v) is 7.86. The summed E-state index contributed by atoms with van der Waals surface area (Å²) in [5, 5.41) is 2.35. The Morgan fingerprint density at radius 2 is 1.97 bits per heavy atom. The Morgan fingerprint density at radius 3 is 2.65 bits per heavy atom. The monoisotopic (exact) mass is 479 g/mol. The van der Waals surface area contributed by atoms with Crippen LogP contribution in [0.5, 0.6) is 0 Å². The van der Waals surface area contributed by atoms with E-state index in [2.05, 4.69) is 23.6 Å². The van der Waals surface area contributed by atoms with Gasteiger partial charge in [-0.3, -0.25) is 15.0 Å². The van der Waals surface area contributed by atoms with Crippen LogP contribution < -0.4 is 5.32 Å². The molecule has 2 atom stereocenters. The molecule has 1 aromatic rings. The topological polar surface area (TPSA) is 95.9 Å². The number of urea groups is 1. The number of amides is 2. The van der Waals surface area contributed by atoms with Crippen molar-refractivity contribution in [3.05, 3.63) is 39.8 Å². The van der Waals surface area contributed by atoms with Crippen LogP contribution in [0, 0.1) is 12.8 Å². The number of nitrogens with one attached hydrogen (secondary N) is 1. The molecule has 2 amide bonds. The number of hydrogen-bond acceptors (Lipinski definition) is 6. The lowest BCUT2D eigenvalue weighted by Gasteiger charge is -2.34. The zero-order valence-electron chi connectivity index (χ0n) is 17.6. The summed E-state index contributed by atoms with van der Waals surface area (Å²) >= 11 is 3.01. The second-order valence-electron chi connectivity index (χ2n) is 8.31. The number of Topliss-reactive ketones (excluding diaryl/α,β-unsaturated/α-hetero) is 1. The molecule has 0 spiro atoms. The lowest BCUT2D eigenvalue weighted by Crippen LogP contribution is -2.44. The molecule has 2 heterocycles. The summed E-state index contributed by atoms with van der Waals surface area (Å²) in [5.41, 5.74) is 1.44. The lowest BCUT2D eigenvalue weighted by molar-refractivity contribution is -0.117. The lowest BCUT2D eigenvalue weighted by atomic mass is 10.2. The fraction of sp³-hybridized carbons (Fsp3) is 0.476. The SMILES string of the molecule is Cc1ccc(S(=O)(=O)N=C2NC(=O)N3C2=C(SCCC(C)C)SC2C(=O)CCC23)cc1. The highest BCUT2D eigenvalue weighted by Gasteiger charge is 2.51. The number of sulfonamides is 1. The predicted octanol–water partition coefficient (Wildman–Crippen LogP) is 3.90. The molecular weight excluding hydrogens is 454 g/mol. The van der Waals surface area contributed by atoms with Gasteiger partial charge in [0.15, 0.2) is 5.84 Å². The number of benzene rings is 1. The van der Waals surface area contributed by atoms with Crippen LogP contribution in [0.4, 0.5) is 4.79 Å². The quantitative estimate of drug-likeness (QED) is 0.665. The number of carbonyl (C=O) groups is 2. The molecule has 166 valence electrons. The van der Waals surface area contributed by atoms with Crippen molar-refractivity contribution >= 4 is 51.2 Å². The minimum absolute atomic E-state index is 0.0444. The van der Waals surface area contributed by atoms with Crippen LogP contribution in [-0.2, 0) is 14.8 Å². The zero-order valence-corrected chi connectivity index (χ0v) is 20.1. The number of hydrogen-bond donors (Lipinski definition) is 1. The average molecular weight is 480 g/mol. The molecule has 10 heteroatoms. The predicted molar refractivity (Wildman–Crippen MR) is 125 cm³/mol. The second kappa shape index (κ2) is 8.63. The Morgan fingerprint density at radius 1 is 1.26 bits per heavy atom. The molecule has 0 bridgehead atoms. The highest BCUT2D eigenvalue weighted by Crippen LogP contribution is 2.49. The van der Waals surface area contributed by atoms with Crippen molar-refractivity contribution in [1.29, 1.82) is 0 Å². The Kier molecular flexibility index (Phi) is 6.24. The number of carbonyl (C=O) groups excluding carboxylic acids is 2. The highest BCUT2D eigenvalue weighted by molar-refractivity contribution is 8.22. The Balaban J connectivity index is 1.75. The Hall–Kier alpha value is -1.78. The second-order valence-corrected chi connectivity index (χ2v) is 12.4. The smallest absolute Gasteiger partial charge is 0.298 e. The van der Waals surface area contributed by atoms with Gasteiger partial charge in [0.05, 0.1) is 20.4 Å². The van der Waals surface area contributed by atoms with Crippen LogP contribution in [0.2, 0.25) is 0 Å². The molecule has 0 radical (unpaired) electrons. The third-order valence-corrected chi connectivity index (χ3v) is 9.55. The first-order valence-electron chi connectivity index (χ1n) is 10.3. The van der Waals surface area contributed by atoms with Gasteiger partial charge in [0.1, 0.15) is 11.5 Å². The molecule has 1 aromatic carbocycles. The van der Waals surface area contributed by atoms with Gasteiger partial charge in [-0.05, 0) is 43.6 Å². The largest absolute Gasteiger partial charge is 0.328 e. The van der Waals surface area contributed by atoms with Crippen molar-refractivity contribution in [3.8, 4) is 0 Å². The number of nitrogens with zero attached hydrogens (tertiary/aromatic N) is 2. The van der Waals surface area contributed by atoms with Gasteiger partial charge in [-0.25, -0.2) is 4.79 Å². The van der Waals surface area contributed by atoms with E-state index < -0.39 is 16.1 Å². The zero-order chi connectivity index (χ0) is 22.3. The molecular formula is C21H25N3O4S3. The molecule has 2 aliphatic heterocycles. The van der Waals surface area contributed by atoms with Gasteiger partial charge >= 0.3 is 6.03 Å². The maximum Gasteiger partial charge on any atom is 0.328 e. The van der Waals surface area contributed by atoms with Crippen LogP contribution in [-0.4, -0.2) is 48.0 Å². The molecule has 1 saturated carbocycles. The van der Waals surface area contributed by atoms with Crippen LogP contribution in [0.3, 0.4) is 0 Å². The summed E-state index contributed by atoms with van der Waals surface area (Å²) in [7, 11) is -4.00. The maximum absolute atomic E-state index is 12.9. The summed E-state index contributed by atoms with van der Waals surface area (Å²) in [4.78, 5) is 26.9. The maximum atomic E-state index is 12.9. The normalized spacial score (nSPS) is 24.8. The summed E-state index contributed by atoms with van der Waals surface area (Å²) < 4.78 is 30.6. The standard InChI is InChI=1S/C21H25N3O4S3/c1-12(2)10-11-29-20-17-19(23-31(27,28)14-6-4-13(3)5-7-14)22-21(26)24(17)15-8-9-16(25)18(15)30-20/h4-7,12,15,18H,8-11H2,1-3H3,(H,22,23,26). The Bertz CT molecular complexity index is 1080. The van der Waals surface area contributed by atoms with E-state index in [0.717, 1.165) is 22.0 Å². The van der Waals surface area contributed by atoms with Gasteiger partial charge in [-0.15, -0.1) is 27.9 Å². The van der Waals surface area contributed by atoms with Gasteiger partial charge in [-0.1, -0.05) is 31.5 Å². The fourth-order valence-electron chi connectivity index (χ4n) is 3.76. The van der Waals surface area contributed by atoms with Crippen LogP contribution >= 0.6 is 23.5 Å². The van der Waals surface area contributed by atoms with Crippen molar-refractivity contribution < 1.29 is 18.0 Å². The molecule has 3 aliphatic rings. The van der Waals surface area contributed by atoms with Crippen molar-refractivity contribution in [2.45, 2.75) is 56.2 Å². The summed E-state index contributed by atoms with van der Waals surface area (Å²) in [5.74, 6) is 1.51.